The second kappa shape index (κ2) is 10.8. The summed E-state index contributed by atoms with van der Waals surface area (Å²) in [4.78, 5) is 7.30. The summed E-state index contributed by atoms with van der Waals surface area (Å²) in [5.74, 6) is 0.439. The molecule has 3 rings (SSSR count). The Morgan fingerprint density at radius 1 is 0.750 bits per heavy atom. The predicted octanol–water partition coefficient (Wildman–Crippen LogP) is 5.96. The number of hydrogen-bond acceptors (Lipinski definition) is 2. The van der Waals surface area contributed by atoms with Crippen molar-refractivity contribution in [3.05, 3.63) is 108 Å². The standard InChI is InChI=1S/C25H27ClN2/c1-21(25(17-26)27-18-22-11-5-2-6-12-22)28(19-23-13-7-3-8-14-23)20-24-15-9-4-10-16-24/h2-16,21H,17-20H2,1H3/t21-/m0/s1. The van der Waals surface area contributed by atoms with Crippen molar-refractivity contribution in [2.45, 2.75) is 32.6 Å². The fourth-order valence-electron chi connectivity index (χ4n) is 3.24. The molecule has 144 valence electrons. The lowest BCUT2D eigenvalue weighted by molar-refractivity contribution is 0.234. The Kier molecular flexibility index (Phi) is 7.83. The van der Waals surface area contributed by atoms with E-state index in [2.05, 4.69) is 84.6 Å². The fraction of sp³-hybridized carbons (Fsp3) is 0.240. The van der Waals surface area contributed by atoms with Crippen LogP contribution in [0.15, 0.2) is 96.0 Å². The lowest BCUT2D eigenvalue weighted by atomic mass is 10.1. The molecule has 0 heterocycles. The van der Waals surface area contributed by atoms with Gasteiger partial charge >= 0.3 is 0 Å². The van der Waals surface area contributed by atoms with Gasteiger partial charge in [-0.3, -0.25) is 9.89 Å². The van der Waals surface area contributed by atoms with Crippen LogP contribution in [0.5, 0.6) is 0 Å². The average molecular weight is 391 g/mol. The van der Waals surface area contributed by atoms with E-state index in [9.17, 15) is 0 Å². The quantitative estimate of drug-likeness (QED) is 0.325. The summed E-state index contributed by atoms with van der Waals surface area (Å²) >= 11 is 6.32. The number of aliphatic imine (C=N–C) groups is 1. The monoisotopic (exact) mass is 390 g/mol. The first kappa shape index (κ1) is 20.3. The van der Waals surface area contributed by atoms with Crippen LogP contribution in [0.3, 0.4) is 0 Å². The molecule has 0 saturated carbocycles. The van der Waals surface area contributed by atoms with Crippen molar-refractivity contribution in [3.63, 3.8) is 0 Å². The van der Waals surface area contributed by atoms with E-state index in [1.54, 1.807) is 0 Å². The predicted molar refractivity (Wildman–Crippen MR) is 120 cm³/mol. The number of hydrogen-bond donors (Lipinski definition) is 0. The lowest BCUT2D eigenvalue weighted by Crippen LogP contribution is -2.39. The lowest BCUT2D eigenvalue weighted by Gasteiger charge is -2.30. The largest absolute Gasteiger partial charge is 0.287 e. The molecule has 0 aliphatic heterocycles. The molecule has 0 aromatic heterocycles. The third kappa shape index (κ3) is 6.05. The Hall–Kier alpha value is -2.42. The summed E-state index contributed by atoms with van der Waals surface area (Å²) < 4.78 is 0. The highest BCUT2D eigenvalue weighted by Gasteiger charge is 2.19. The molecule has 0 aliphatic carbocycles. The van der Waals surface area contributed by atoms with E-state index in [0.717, 1.165) is 18.8 Å². The van der Waals surface area contributed by atoms with Crippen molar-refractivity contribution in [2.24, 2.45) is 4.99 Å². The molecule has 3 heteroatoms. The van der Waals surface area contributed by atoms with E-state index in [1.807, 2.05) is 18.2 Å². The Bertz CT molecular complexity index is 806. The summed E-state index contributed by atoms with van der Waals surface area (Å²) in [6, 6.07) is 31.6. The van der Waals surface area contributed by atoms with E-state index >= 15 is 0 Å². The van der Waals surface area contributed by atoms with Crippen LogP contribution in [0.25, 0.3) is 0 Å². The van der Waals surface area contributed by atoms with Gasteiger partial charge in [-0.25, -0.2) is 0 Å². The second-order valence-electron chi connectivity index (χ2n) is 6.98. The van der Waals surface area contributed by atoms with Crippen LogP contribution in [-0.4, -0.2) is 22.5 Å². The van der Waals surface area contributed by atoms with Crippen LogP contribution in [0.2, 0.25) is 0 Å². The minimum absolute atomic E-state index is 0.154. The molecule has 0 aliphatic rings. The minimum Gasteiger partial charge on any atom is -0.287 e. The van der Waals surface area contributed by atoms with Crippen molar-refractivity contribution in [2.75, 3.05) is 5.88 Å². The van der Waals surface area contributed by atoms with Gasteiger partial charge in [0.1, 0.15) is 0 Å². The van der Waals surface area contributed by atoms with Gasteiger partial charge in [0.2, 0.25) is 0 Å². The van der Waals surface area contributed by atoms with E-state index in [1.165, 1.54) is 16.7 Å². The average Bonchev–Trinajstić information content (AvgIpc) is 2.76. The zero-order valence-corrected chi connectivity index (χ0v) is 17.1. The Morgan fingerprint density at radius 3 is 1.61 bits per heavy atom. The van der Waals surface area contributed by atoms with E-state index in [0.29, 0.717) is 12.4 Å². The first-order chi connectivity index (χ1) is 13.8. The molecule has 2 nitrogen and oxygen atoms in total. The van der Waals surface area contributed by atoms with Crippen LogP contribution < -0.4 is 0 Å². The molecular weight excluding hydrogens is 364 g/mol. The zero-order chi connectivity index (χ0) is 19.6. The highest BCUT2D eigenvalue weighted by Crippen LogP contribution is 2.16. The van der Waals surface area contributed by atoms with Gasteiger partial charge in [0.15, 0.2) is 0 Å². The minimum atomic E-state index is 0.154. The van der Waals surface area contributed by atoms with Gasteiger partial charge < -0.3 is 0 Å². The third-order valence-electron chi connectivity index (χ3n) is 4.93. The first-order valence-corrected chi connectivity index (χ1v) is 10.2. The summed E-state index contributed by atoms with van der Waals surface area (Å²) in [7, 11) is 0. The van der Waals surface area contributed by atoms with Gasteiger partial charge in [-0.2, -0.15) is 0 Å². The van der Waals surface area contributed by atoms with Crippen LogP contribution in [-0.2, 0) is 19.6 Å². The molecule has 0 saturated heterocycles. The number of halogens is 1. The molecule has 28 heavy (non-hydrogen) atoms. The Labute approximate surface area is 173 Å². The molecule has 0 amide bonds. The number of alkyl halides is 1. The van der Waals surface area contributed by atoms with Crippen LogP contribution in [0.1, 0.15) is 23.6 Å². The molecule has 0 spiro atoms. The van der Waals surface area contributed by atoms with Crippen molar-refractivity contribution in [1.29, 1.82) is 0 Å². The highest BCUT2D eigenvalue weighted by molar-refractivity contribution is 6.29. The number of nitrogens with zero attached hydrogens (tertiary/aromatic N) is 2. The molecule has 0 unspecified atom stereocenters. The van der Waals surface area contributed by atoms with Crippen LogP contribution in [0, 0.1) is 0 Å². The molecule has 0 radical (unpaired) electrons. The SMILES string of the molecule is C[C@@H](C(CCl)=NCc1ccccc1)N(Cc1ccccc1)Cc1ccccc1. The highest BCUT2D eigenvalue weighted by atomic mass is 35.5. The van der Waals surface area contributed by atoms with Gasteiger partial charge in [-0.05, 0) is 23.6 Å². The van der Waals surface area contributed by atoms with Gasteiger partial charge in [0.25, 0.3) is 0 Å². The zero-order valence-electron chi connectivity index (χ0n) is 16.3. The normalized spacial score (nSPS) is 12.9. The van der Waals surface area contributed by atoms with Crippen molar-refractivity contribution < 1.29 is 0 Å². The van der Waals surface area contributed by atoms with Crippen molar-refractivity contribution in [1.82, 2.24) is 4.90 Å². The maximum absolute atomic E-state index is 6.32. The molecule has 0 fully saturated rings. The van der Waals surface area contributed by atoms with Gasteiger partial charge in [-0.1, -0.05) is 91.0 Å². The number of benzene rings is 3. The van der Waals surface area contributed by atoms with E-state index < -0.39 is 0 Å². The topological polar surface area (TPSA) is 15.6 Å². The Balaban J connectivity index is 1.79. The molecule has 3 aromatic carbocycles. The molecule has 0 N–H and O–H groups in total. The molecule has 1 atom stereocenters. The van der Waals surface area contributed by atoms with Gasteiger partial charge in [0, 0.05) is 24.8 Å². The van der Waals surface area contributed by atoms with Gasteiger partial charge in [0.05, 0.1) is 12.4 Å². The van der Waals surface area contributed by atoms with Crippen LogP contribution in [0.4, 0.5) is 0 Å². The van der Waals surface area contributed by atoms with E-state index in [4.69, 9.17) is 16.6 Å². The maximum atomic E-state index is 6.32. The first-order valence-electron chi connectivity index (χ1n) is 9.71. The molecule has 3 aromatic rings. The van der Waals surface area contributed by atoms with Gasteiger partial charge in [-0.15, -0.1) is 11.6 Å². The number of rotatable bonds is 9. The molecule has 0 bridgehead atoms. The Morgan fingerprint density at radius 2 is 1.18 bits per heavy atom. The summed E-state index contributed by atoms with van der Waals surface area (Å²) in [6.07, 6.45) is 0. The maximum Gasteiger partial charge on any atom is 0.0640 e. The smallest absolute Gasteiger partial charge is 0.0640 e. The fourth-order valence-corrected chi connectivity index (χ4v) is 3.55. The summed E-state index contributed by atoms with van der Waals surface area (Å²) in [6.45, 7) is 4.59. The summed E-state index contributed by atoms with van der Waals surface area (Å²) in [5.41, 5.74) is 4.82. The van der Waals surface area contributed by atoms with Crippen LogP contribution >= 0.6 is 11.6 Å². The summed E-state index contributed by atoms with van der Waals surface area (Å²) in [5, 5.41) is 0. The van der Waals surface area contributed by atoms with E-state index in [-0.39, 0.29) is 6.04 Å². The second-order valence-corrected chi connectivity index (χ2v) is 7.25. The molecular formula is C25H27ClN2. The third-order valence-corrected chi connectivity index (χ3v) is 5.21. The van der Waals surface area contributed by atoms with Crippen molar-refractivity contribution >= 4 is 17.3 Å². The van der Waals surface area contributed by atoms with Crippen molar-refractivity contribution in [3.8, 4) is 0 Å².